The minimum Gasteiger partial charge on any atom is -0.296 e. The van der Waals surface area contributed by atoms with E-state index in [1.54, 1.807) is 23.1 Å². The van der Waals surface area contributed by atoms with Gasteiger partial charge in [-0.15, -0.1) is 11.3 Å². The van der Waals surface area contributed by atoms with Gasteiger partial charge < -0.3 is 0 Å². The van der Waals surface area contributed by atoms with Gasteiger partial charge in [-0.1, -0.05) is 6.92 Å². The van der Waals surface area contributed by atoms with Crippen molar-refractivity contribution in [2.75, 3.05) is 5.32 Å². The molecule has 5 nitrogen and oxygen atoms in total. The Hall–Kier alpha value is -1.69. The molecule has 90 valence electrons. The number of amides is 1. The number of hydrogen-bond acceptors (Lipinski definition) is 4. The summed E-state index contributed by atoms with van der Waals surface area (Å²) >= 11 is 1.46. The Morgan fingerprint density at radius 2 is 2.41 bits per heavy atom. The van der Waals surface area contributed by atoms with Crippen LogP contribution >= 0.6 is 11.3 Å². The molecule has 0 aromatic carbocycles. The zero-order chi connectivity index (χ0) is 12.3. The van der Waals surface area contributed by atoms with E-state index in [1.807, 2.05) is 13.8 Å². The molecule has 0 spiro atoms. The van der Waals surface area contributed by atoms with E-state index in [-0.39, 0.29) is 5.91 Å². The number of thiazole rings is 1. The van der Waals surface area contributed by atoms with Crippen molar-refractivity contribution in [2.24, 2.45) is 0 Å². The van der Waals surface area contributed by atoms with Gasteiger partial charge in [0.1, 0.15) is 5.69 Å². The third kappa shape index (κ3) is 2.71. The Bertz CT molecular complexity index is 517. The van der Waals surface area contributed by atoms with E-state index in [4.69, 9.17) is 0 Å². The zero-order valence-electron chi connectivity index (χ0n) is 9.80. The molecule has 2 aromatic rings. The molecule has 0 saturated carbocycles. The topological polar surface area (TPSA) is 59.8 Å². The van der Waals surface area contributed by atoms with Gasteiger partial charge in [-0.2, -0.15) is 5.10 Å². The molecule has 2 heterocycles. The second-order valence-corrected chi connectivity index (χ2v) is 4.90. The fourth-order valence-corrected chi connectivity index (χ4v) is 2.15. The molecule has 1 amide bonds. The van der Waals surface area contributed by atoms with Crippen molar-refractivity contribution >= 4 is 22.4 Å². The summed E-state index contributed by atoms with van der Waals surface area (Å²) in [4.78, 5) is 17.1. The smallest absolute Gasteiger partial charge is 0.275 e. The van der Waals surface area contributed by atoms with Gasteiger partial charge in [0.25, 0.3) is 5.91 Å². The summed E-state index contributed by atoms with van der Waals surface area (Å²) in [7, 11) is 0. The average Bonchev–Trinajstić information content (AvgIpc) is 2.88. The van der Waals surface area contributed by atoms with E-state index in [0.29, 0.717) is 10.8 Å². The van der Waals surface area contributed by atoms with Crippen LogP contribution in [0.2, 0.25) is 0 Å². The molecule has 2 rings (SSSR count). The van der Waals surface area contributed by atoms with Crippen LogP contribution in [0.15, 0.2) is 18.5 Å². The van der Waals surface area contributed by atoms with Crippen molar-refractivity contribution in [3.8, 4) is 0 Å². The van der Waals surface area contributed by atoms with Crippen LogP contribution < -0.4 is 5.32 Å². The number of hydrogen-bond donors (Lipinski definition) is 1. The second-order valence-electron chi connectivity index (χ2n) is 3.67. The van der Waals surface area contributed by atoms with Crippen LogP contribution in [0.4, 0.5) is 5.13 Å². The lowest BCUT2D eigenvalue weighted by molar-refractivity contribution is 0.101. The van der Waals surface area contributed by atoms with Crippen LogP contribution in [0.25, 0.3) is 0 Å². The predicted octanol–water partition coefficient (Wildman–Crippen LogP) is 2.31. The monoisotopic (exact) mass is 250 g/mol. The number of aromatic nitrogens is 3. The van der Waals surface area contributed by atoms with Crippen LogP contribution in [0, 0.1) is 6.92 Å². The Labute approximate surface area is 103 Å². The molecule has 0 saturated heterocycles. The highest BCUT2D eigenvalue weighted by Gasteiger charge is 2.12. The Kier molecular flexibility index (Phi) is 3.53. The first-order valence-corrected chi connectivity index (χ1v) is 6.28. The Balaban J connectivity index is 2.11. The molecule has 0 aliphatic rings. The molecule has 0 bridgehead atoms. The molecular weight excluding hydrogens is 236 g/mol. The van der Waals surface area contributed by atoms with Gasteiger partial charge in [0, 0.05) is 23.8 Å². The minimum atomic E-state index is -0.162. The van der Waals surface area contributed by atoms with Gasteiger partial charge in [0.2, 0.25) is 0 Å². The lowest BCUT2D eigenvalue weighted by atomic mass is 10.4. The van der Waals surface area contributed by atoms with Gasteiger partial charge in [0.05, 0.1) is 0 Å². The summed E-state index contributed by atoms with van der Waals surface area (Å²) < 4.78 is 1.70. The SMILES string of the molecule is CCCn1nccc1C(=O)Nc1ncc(C)s1. The lowest BCUT2D eigenvalue weighted by Crippen LogP contribution is -2.17. The molecule has 0 atom stereocenters. The van der Waals surface area contributed by atoms with Crippen LogP contribution in [0.5, 0.6) is 0 Å². The van der Waals surface area contributed by atoms with E-state index < -0.39 is 0 Å². The number of aryl methyl sites for hydroxylation is 2. The van der Waals surface area contributed by atoms with Crippen molar-refractivity contribution in [2.45, 2.75) is 26.8 Å². The third-order valence-electron chi connectivity index (χ3n) is 2.23. The number of rotatable bonds is 4. The van der Waals surface area contributed by atoms with Crippen molar-refractivity contribution in [3.63, 3.8) is 0 Å². The highest BCUT2D eigenvalue weighted by Crippen LogP contribution is 2.17. The first-order chi connectivity index (χ1) is 8.20. The first-order valence-electron chi connectivity index (χ1n) is 5.46. The van der Waals surface area contributed by atoms with Crippen molar-refractivity contribution in [1.29, 1.82) is 0 Å². The van der Waals surface area contributed by atoms with E-state index in [2.05, 4.69) is 15.4 Å². The molecule has 0 aliphatic carbocycles. The molecule has 0 fully saturated rings. The highest BCUT2D eigenvalue weighted by atomic mass is 32.1. The normalized spacial score (nSPS) is 10.5. The molecule has 0 unspecified atom stereocenters. The molecule has 2 aromatic heterocycles. The first kappa shape index (κ1) is 11.8. The minimum absolute atomic E-state index is 0.162. The van der Waals surface area contributed by atoms with Crippen molar-refractivity contribution in [3.05, 3.63) is 29.0 Å². The van der Waals surface area contributed by atoms with E-state index in [1.165, 1.54) is 11.3 Å². The van der Waals surface area contributed by atoms with Crippen molar-refractivity contribution < 1.29 is 4.79 Å². The van der Waals surface area contributed by atoms with Gasteiger partial charge in [0.15, 0.2) is 5.13 Å². The van der Waals surface area contributed by atoms with E-state index in [9.17, 15) is 4.79 Å². The average molecular weight is 250 g/mol. The second kappa shape index (κ2) is 5.09. The molecule has 6 heteroatoms. The number of carbonyl (C=O) groups is 1. The maximum Gasteiger partial charge on any atom is 0.275 e. The summed E-state index contributed by atoms with van der Waals surface area (Å²) in [6.07, 6.45) is 4.32. The zero-order valence-corrected chi connectivity index (χ0v) is 10.6. The van der Waals surface area contributed by atoms with Crippen LogP contribution in [0.1, 0.15) is 28.7 Å². The van der Waals surface area contributed by atoms with Crippen LogP contribution in [0.3, 0.4) is 0 Å². The molecule has 0 radical (unpaired) electrons. The number of nitrogens with one attached hydrogen (secondary N) is 1. The van der Waals surface area contributed by atoms with Gasteiger partial charge in [-0.25, -0.2) is 4.98 Å². The van der Waals surface area contributed by atoms with Gasteiger partial charge >= 0.3 is 0 Å². The summed E-state index contributed by atoms with van der Waals surface area (Å²) in [6.45, 7) is 4.74. The summed E-state index contributed by atoms with van der Waals surface area (Å²) in [5.41, 5.74) is 0.569. The molecule has 1 N–H and O–H groups in total. The highest BCUT2D eigenvalue weighted by molar-refractivity contribution is 7.15. The number of anilines is 1. The third-order valence-corrected chi connectivity index (χ3v) is 3.05. The predicted molar refractivity (Wildman–Crippen MR) is 67.3 cm³/mol. The molecule has 0 aliphatic heterocycles. The fraction of sp³-hybridized carbons (Fsp3) is 0.364. The van der Waals surface area contributed by atoms with E-state index in [0.717, 1.165) is 17.8 Å². The summed E-state index contributed by atoms with van der Waals surface area (Å²) in [5, 5.41) is 7.51. The Morgan fingerprint density at radius 3 is 3.06 bits per heavy atom. The number of carbonyl (C=O) groups excluding carboxylic acids is 1. The number of nitrogens with zero attached hydrogens (tertiary/aromatic N) is 3. The van der Waals surface area contributed by atoms with Gasteiger partial charge in [-0.3, -0.25) is 14.8 Å². The van der Waals surface area contributed by atoms with Crippen LogP contribution in [-0.4, -0.2) is 20.7 Å². The molecule has 17 heavy (non-hydrogen) atoms. The van der Waals surface area contributed by atoms with Crippen molar-refractivity contribution in [1.82, 2.24) is 14.8 Å². The largest absolute Gasteiger partial charge is 0.296 e. The molecular formula is C11H14N4OS. The quantitative estimate of drug-likeness (QED) is 0.905. The van der Waals surface area contributed by atoms with E-state index >= 15 is 0 Å². The maximum atomic E-state index is 12.0. The van der Waals surface area contributed by atoms with Crippen LogP contribution in [-0.2, 0) is 6.54 Å². The summed E-state index contributed by atoms with van der Waals surface area (Å²) in [5.74, 6) is -0.162. The maximum absolute atomic E-state index is 12.0. The summed E-state index contributed by atoms with van der Waals surface area (Å²) in [6, 6.07) is 1.71. The lowest BCUT2D eigenvalue weighted by Gasteiger charge is -2.05. The van der Waals surface area contributed by atoms with Gasteiger partial charge in [-0.05, 0) is 19.4 Å². The fourth-order valence-electron chi connectivity index (χ4n) is 1.49. The standard InChI is InChI=1S/C11H14N4OS/c1-3-6-15-9(4-5-13-15)10(16)14-11-12-7-8(2)17-11/h4-5,7H,3,6H2,1-2H3,(H,12,14,16). The Morgan fingerprint density at radius 1 is 1.59 bits per heavy atom.